The summed E-state index contributed by atoms with van der Waals surface area (Å²) in [6.07, 6.45) is 2.13. The number of fused-ring (bicyclic) bond motifs is 1. The molecule has 2 atom stereocenters. The molecule has 0 amide bonds. The maximum atomic E-state index is 13.9. The Kier molecular flexibility index (Phi) is 4.20. The zero-order chi connectivity index (χ0) is 20.1. The van der Waals surface area contributed by atoms with Gasteiger partial charge in [0.25, 0.3) is 0 Å². The van der Waals surface area contributed by atoms with Gasteiger partial charge >= 0.3 is 0 Å². The summed E-state index contributed by atoms with van der Waals surface area (Å²) < 4.78 is 29.3. The van der Waals surface area contributed by atoms with E-state index in [1.165, 1.54) is 23.1 Å². The van der Waals surface area contributed by atoms with E-state index in [1.54, 1.807) is 6.07 Å². The first-order valence-electron chi connectivity index (χ1n) is 9.14. The average molecular weight is 413 g/mol. The van der Waals surface area contributed by atoms with Crippen LogP contribution in [0.2, 0.25) is 5.02 Å². The normalized spacial score (nSPS) is 20.9. The second-order valence-electron chi connectivity index (χ2n) is 7.20. The van der Waals surface area contributed by atoms with Crippen LogP contribution >= 0.6 is 11.6 Å². The molecule has 5 rings (SSSR count). The van der Waals surface area contributed by atoms with Gasteiger partial charge in [-0.2, -0.15) is 10.1 Å². The lowest BCUT2D eigenvalue weighted by atomic mass is 9.78. The number of ketones is 1. The van der Waals surface area contributed by atoms with Crippen LogP contribution in [-0.2, 0) is 4.79 Å². The minimum absolute atomic E-state index is 0.0955. The van der Waals surface area contributed by atoms with Gasteiger partial charge in [0.2, 0.25) is 5.95 Å². The standard InChI is InChI=1S/C21H15ClF2N4O/c22-16-4-2-1-3-15(16)11-7-17-19(18(29)8-11)20(28-21(27-17)25-10-26-28)12-5-13(23)9-14(24)6-12/h1-6,9-11,20H,7-8H2,(H,25,26,27). The van der Waals surface area contributed by atoms with Crippen LogP contribution in [0.15, 0.2) is 60.1 Å². The number of hydrogen-bond acceptors (Lipinski definition) is 4. The van der Waals surface area contributed by atoms with E-state index in [9.17, 15) is 13.6 Å². The van der Waals surface area contributed by atoms with Crippen molar-refractivity contribution in [1.82, 2.24) is 14.8 Å². The highest BCUT2D eigenvalue weighted by atomic mass is 35.5. The number of aromatic nitrogens is 3. The Hall–Kier alpha value is -3.06. The van der Waals surface area contributed by atoms with E-state index in [1.807, 2.05) is 18.2 Å². The van der Waals surface area contributed by atoms with E-state index in [2.05, 4.69) is 15.4 Å². The van der Waals surface area contributed by atoms with Crippen molar-refractivity contribution in [1.29, 1.82) is 0 Å². The van der Waals surface area contributed by atoms with Crippen molar-refractivity contribution in [2.24, 2.45) is 0 Å². The summed E-state index contributed by atoms with van der Waals surface area (Å²) in [7, 11) is 0. The molecule has 1 aromatic heterocycles. The van der Waals surface area contributed by atoms with Gasteiger partial charge in [-0.25, -0.2) is 13.5 Å². The first-order chi connectivity index (χ1) is 14.0. The van der Waals surface area contributed by atoms with Crippen LogP contribution in [0.1, 0.15) is 35.9 Å². The number of nitrogens with zero attached hydrogens (tertiary/aromatic N) is 3. The number of allylic oxidation sites excluding steroid dienone is 2. The minimum atomic E-state index is -0.742. The van der Waals surface area contributed by atoms with Gasteiger partial charge in [0, 0.05) is 28.8 Å². The molecule has 29 heavy (non-hydrogen) atoms. The van der Waals surface area contributed by atoms with Crippen LogP contribution in [0, 0.1) is 11.6 Å². The van der Waals surface area contributed by atoms with Crippen LogP contribution in [0.4, 0.5) is 14.7 Å². The molecule has 0 saturated carbocycles. The number of nitrogens with one attached hydrogen (secondary N) is 1. The highest BCUT2D eigenvalue weighted by Crippen LogP contribution is 2.44. The van der Waals surface area contributed by atoms with Crippen LogP contribution in [0.3, 0.4) is 0 Å². The van der Waals surface area contributed by atoms with Crippen LogP contribution in [-0.4, -0.2) is 20.5 Å². The SMILES string of the molecule is O=C1CC(c2ccccc2Cl)CC2=C1C(c1cc(F)cc(F)c1)n1ncnc1N2. The molecule has 1 aliphatic heterocycles. The summed E-state index contributed by atoms with van der Waals surface area (Å²) in [6.45, 7) is 0. The van der Waals surface area contributed by atoms with Crippen molar-refractivity contribution in [3.05, 3.63) is 87.8 Å². The van der Waals surface area contributed by atoms with Crippen molar-refractivity contribution in [3.63, 3.8) is 0 Å². The molecule has 3 aromatic rings. The van der Waals surface area contributed by atoms with Gasteiger partial charge in [-0.05, 0) is 41.7 Å². The highest BCUT2D eigenvalue weighted by molar-refractivity contribution is 6.31. The maximum Gasteiger partial charge on any atom is 0.226 e. The Morgan fingerprint density at radius 3 is 2.62 bits per heavy atom. The van der Waals surface area contributed by atoms with Gasteiger partial charge in [-0.1, -0.05) is 29.8 Å². The van der Waals surface area contributed by atoms with Crippen LogP contribution < -0.4 is 5.32 Å². The van der Waals surface area contributed by atoms with Crippen molar-refractivity contribution in [2.45, 2.75) is 24.8 Å². The summed E-state index contributed by atoms with van der Waals surface area (Å²) in [5, 5.41) is 7.96. The van der Waals surface area contributed by atoms with Gasteiger partial charge in [0.15, 0.2) is 5.78 Å². The molecule has 0 saturated heterocycles. The molecular formula is C21H15ClF2N4O. The van der Waals surface area contributed by atoms with E-state index < -0.39 is 17.7 Å². The molecule has 0 fully saturated rings. The Labute approximate surface area is 170 Å². The number of rotatable bonds is 2. The van der Waals surface area contributed by atoms with Gasteiger partial charge in [0.05, 0.1) is 0 Å². The molecule has 0 spiro atoms. The zero-order valence-corrected chi connectivity index (χ0v) is 15.8. The van der Waals surface area contributed by atoms with Crippen molar-refractivity contribution >= 4 is 23.3 Å². The number of anilines is 1. The third kappa shape index (κ3) is 3.02. The molecule has 146 valence electrons. The summed E-state index contributed by atoms with van der Waals surface area (Å²) in [5.41, 5.74) is 2.35. The number of benzene rings is 2. The number of Topliss-reactive ketones (excluding diaryl/α,β-unsaturated/α-hetero) is 1. The molecule has 8 heteroatoms. The van der Waals surface area contributed by atoms with Gasteiger partial charge in [-0.3, -0.25) is 4.79 Å². The van der Waals surface area contributed by atoms with Crippen LogP contribution in [0.25, 0.3) is 0 Å². The summed E-state index contributed by atoms with van der Waals surface area (Å²) >= 11 is 6.35. The molecule has 0 radical (unpaired) electrons. The van der Waals surface area contributed by atoms with Gasteiger partial charge in [0.1, 0.15) is 24.0 Å². The lowest BCUT2D eigenvalue weighted by Gasteiger charge is -2.35. The lowest BCUT2D eigenvalue weighted by molar-refractivity contribution is -0.116. The average Bonchev–Trinajstić information content (AvgIpc) is 3.13. The Morgan fingerprint density at radius 1 is 1.10 bits per heavy atom. The topological polar surface area (TPSA) is 59.8 Å². The van der Waals surface area contributed by atoms with E-state index in [4.69, 9.17) is 11.6 Å². The molecular weight excluding hydrogens is 398 g/mol. The second kappa shape index (κ2) is 6.77. The predicted octanol–water partition coefficient (Wildman–Crippen LogP) is 4.63. The fourth-order valence-corrected chi connectivity index (χ4v) is 4.51. The van der Waals surface area contributed by atoms with Gasteiger partial charge < -0.3 is 5.32 Å². The third-order valence-corrected chi connectivity index (χ3v) is 5.75. The molecule has 1 N–H and O–H groups in total. The van der Waals surface area contributed by atoms with Crippen molar-refractivity contribution < 1.29 is 13.6 Å². The predicted molar refractivity (Wildman–Crippen MR) is 104 cm³/mol. The molecule has 2 aliphatic rings. The quantitative estimate of drug-likeness (QED) is 0.667. The fraction of sp³-hybridized carbons (Fsp3) is 0.190. The molecule has 2 unspecified atom stereocenters. The fourth-order valence-electron chi connectivity index (χ4n) is 4.22. The Morgan fingerprint density at radius 2 is 1.86 bits per heavy atom. The maximum absolute atomic E-state index is 13.9. The summed E-state index contributed by atoms with van der Waals surface area (Å²) in [5.74, 6) is -1.20. The number of hydrogen-bond donors (Lipinski definition) is 1. The highest BCUT2D eigenvalue weighted by Gasteiger charge is 2.39. The van der Waals surface area contributed by atoms with Gasteiger partial charge in [-0.15, -0.1) is 0 Å². The first kappa shape index (κ1) is 18.0. The number of carbonyl (C=O) groups excluding carboxylic acids is 1. The first-order valence-corrected chi connectivity index (χ1v) is 9.52. The lowest BCUT2D eigenvalue weighted by Crippen LogP contribution is -2.33. The third-order valence-electron chi connectivity index (χ3n) is 5.41. The molecule has 0 bridgehead atoms. The number of carbonyl (C=O) groups is 1. The molecule has 1 aliphatic carbocycles. The van der Waals surface area contributed by atoms with E-state index in [0.29, 0.717) is 34.2 Å². The zero-order valence-electron chi connectivity index (χ0n) is 15.1. The minimum Gasteiger partial charge on any atom is -0.328 e. The molecule has 2 heterocycles. The monoisotopic (exact) mass is 412 g/mol. The van der Waals surface area contributed by atoms with Crippen molar-refractivity contribution in [3.8, 4) is 0 Å². The van der Waals surface area contributed by atoms with E-state index in [0.717, 1.165) is 11.6 Å². The molecule has 2 aromatic carbocycles. The Balaban J connectivity index is 1.63. The smallest absolute Gasteiger partial charge is 0.226 e. The summed E-state index contributed by atoms with van der Waals surface area (Å²) in [4.78, 5) is 17.4. The molecule has 5 nitrogen and oxygen atoms in total. The largest absolute Gasteiger partial charge is 0.328 e. The summed E-state index contributed by atoms with van der Waals surface area (Å²) in [6, 6.07) is 9.96. The van der Waals surface area contributed by atoms with E-state index >= 15 is 0 Å². The van der Waals surface area contributed by atoms with Crippen molar-refractivity contribution in [2.75, 3.05) is 5.32 Å². The van der Waals surface area contributed by atoms with Crippen LogP contribution in [0.5, 0.6) is 0 Å². The van der Waals surface area contributed by atoms with E-state index in [-0.39, 0.29) is 18.1 Å². The Bertz CT molecular complexity index is 1150. The number of halogens is 3. The second-order valence-corrected chi connectivity index (χ2v) is 7.61.